The molecule has 0 unspecified atom stereocenters. The molecule has 0 bridgehead atoms. The highest BCUT2D eigenvalue weighted by atomic mass is 32.3. The van der Waals surface area contributed by atoms with Gasteiger partial charge in [-0.25, -0.2) is 21.6 Å². The van der Waals surface area contributed by atoms with Crippen molar-refractivity contribution in [2.75, 3.05) is 16.1 Å². The van der Waals surface area contributed by atoms with Gasteiger partial charge in [0, 0.05) is 6.26 Å². The van der Waals surface area contributed by atoms with Gasteiger partial charge in [-0.1, -0.05) is 0 Å². The number of rotatable bonds is 5. The summed E-state index contributed by atoms with van der Waals surface area (Å²) in [7, 11) is -7.73. The lowest BCUT2D eigenvalue weighted by molar-refractivity contribution is 0.0701. The standard InChI is InChI=1S/C8H11NO6S3/c1-5-3-6(16-7(5)8(10)11)9-18(14,15)4-17(2,12)13/h3,9H,4H2,1-2H3,(H,10,11). The summed E-state index contributed by atoms with van der Waals surface area (Å²) >= 11 is 0.736. The van der Waals surface area contributed by atoms with E-state index in [4.69, 9.17) is 5.11 Å². The van der Waals surface area contributed by atoms with Gasteiger partial charge in [-0.3, -0.25) is 4.72 Å². The molecule has 0 aromatic carbocycles. The predicted molar refractivity (Wildman–Crippen MR) is 68.3 cm³/mol. The van der Waals surface area contributed by atoms with Crippen LogP contribution in [0.3, 0.4) is 0 Å². The number of thiophene rings is 1. The van der Waals surface area contributed by atoms with Crippen molar-refractivity contribution in [3.8, 4) is 0 Å². The van der Waals surface area contributed by atoms with E-state index in [1.807, 2.05) is 4.72 Å². The van der Waals surface area contributed by atoms with Crippen LogP contribution in [0.5, 0.6) is 0 Å². The van der Waals surface area contributed by atoms with Gasteiger partial charge in [0.1, 0.15) is 9.88 Å². The quantitative estimate of drug-likeness (QED) is 0.817. The molecule has 1 heterocycles. The van der Waals surface area contributed by atoms with E-state index in [1.165, 1.54) is 13.0 Å². The number of carbonyl (C=O) groups is 1. The summed E-state index contributed by atoms with van der Waals surface area (Å²) in [6.07, 6.45) is 0.800. The van der Waals surface area contributed by atoms with Crippen molar-refractivity contribution < 1.29 is 26.7 Å². The Morgan fingerprint density at radius 1 is 1.39 bits per heavy atom. The first-order valence-corrected chi connectivity index (χ1v) is 9.05. The van der Waals surface area contributed by atoms with Crippen LogP contribution in [0.15, 0.2) is 6.07 Å². The smallest absolute Gasteiger partial charge is 0.346 e. The van der Waals surface area contributed by atoms with Gasteiger partial charge in [0.2, 0.25) is 10.0 Å². The first-order valence-electron chi connectivity index (χ1n) is 4.52. The maximum absolute atomic E-state index is 11.5. The lowest BCUT2D eigenvalue weighted by Gasteiger charge is -2.03. The largest absolute Gasteiger partial charge is 0.477 e. The third kappa shape index (κ3) is 4.27. The molecule has 18 heavy (non-hydrogen) atoms. The maximum Gasteiger partial charge on any atom is 0.346 e. The Labute approximate surface area is 108 Å². The predicted octanol–water partition coefficient (Wildman–Crippen LogP) is 0.499. The molecular weight excluding hydrogens is 302 g/mol. The van der Waals surface area contributed by atoms with Gasteiger partial charge in [-0.2, -0.15) is 0 Å². The van der Waals surface area contributed by atoms with Gasteiger partial charge in [-0.15, -0.1) is 11.3 Å². The normalized spacial score (nSPS) is 12.3. The van der Waals surface area contributed by atoms with E-state index in [0.717, 1.165) is 17.6 Å². The van der Waals surface area contributed by atoms with E-state index < -0.39 is 30.9 Å². The molecule has 1 aromatic rings. The van der Waals surface area contributed by atoms with Crippen LogP contribution in [-0.2, 0) is 19.9 Å². The van der Waals surface area contributed by atoms with Gasteiger partial charge < -0.3 is 5.11 Å². The molecule has 0 radical (unpaired) electrons. The molecule has 0 aliphatic rings. The molecule has 102 valence electrons. The zero-order valence-corrected chi connectivity index (χ0v) is 11.9. The molecule has 0 aliphatic heterocycles. The topological polar surface area (TPSA) is 118 Å². The van der Waals surface area contributed by atoms with E-state index in [-0.39, 0.29) is 9.88 Å². The lowest BCUT2D eigenvalue weighted by Crippen LogP contribution is -2.21. The van der Waals surface area contributed by atoms with E-state index in [0.29, 0.717) is 5.56 Å². The van der Waals surface area contributed by atoms with Crippen molar-refractivity contribution in [3.63, 3.8) is 0 Å². The average Bonchev–Trinajstić information content (AvgIpc) is 2.40. The van der Waals surface area contributed by atoms with Crippen molar-refractivity contribution in [1.82, 2.24) is 0 Å². The Morgan fingerprint density at radius 2 is 1.94 bits per heavy atom. The third-order valence-corrected chi connectivity index (χ3v) is 6.49. The van der Waals surface area contributed by atoms with Gasteiger partial charge in [0.25, 0.3) is 0 Å². The van der Waals surface area contributed by atoms with Crippen LogP contribution in [0.2, 0.25) is 0 Å². The van der Waals surface area contributed by atoms with Crippen molar-refractivity contribution >= 4 is 42.2 Å². The number of hydrogen-bond acceptors (Lipinski definition) is 6. The van der Waals surface area contributed by atoms with Crippen LogP contribution in [0, 0.1) is 6.92 Å². The van der Waals surface area contributed by atoms with Crippen molar-refractivity contribution in [2.45, 2.75) is 6.92 Å². The van der Waals surface area contributed by atoms with Gasteiger partial charge >= 0.3 is 5.97 Å². The first kappa shape index (κ1) is 14.9. The summed E-state index contributed by atoms with van der Waals surface area (Å²) in [5, 5.41) is 7.84. The van der Waals surface area contributed by atoms with E-state index in [2.05, 4.69) is 0 Å². The highest BCUT2D eigenvalue weighted by Crippen LogP contribution is 2.27. The summed E-state index contributed by atoms with van der Waals surface area (Å²) in [6, 6.07) is 1.34. The Hall–Kier alpha value is -1.13. The van der Waals surface area contributed by atoms with Crippen LogP contribution >= 0.6 is 11.3 Å². The number of aromatic carboxylic acids is 1. The molecular formula is C8H11NO6S3. The first-order chi connectivity index (χ1) is 8.00. The van der Waals surface area contributed by atoms with Crippen molar-refractivity contribution in [1.29, 1.82) is 0 Å². The van der Waals surface area contributed by atoms with E-state index >= 15 is 0 Å². The second kappa shape index (κ2) is 4.86. The summed E-state index contributed by atoms with van der Waals surface area (Å²) in [5.41, 5.74) is 0.407. The fourth-order valence-electron chi connectivity index (χ4n) is 1.21. The molecule has 0 amide bonds. The number of carboxylic acid groups (broad SMARTS) is 1. The number of sulfonamides is 1. The Balaban J connectivity index is 2.99. The molecule has 0 saturated carbocycles. The van der Waals surface area contributed by atoms with Crippen LogP contribution in [0.25, 0.3) is 0 Å². The molecule has 0 fully saturated rings. The zero-order chi connectivity index (χ0) is 14.1. The minimum absolute atomic E-state index is 0.00653. The number of sulfone groups is 1. The number of hydrogen-bond donors (Lipinski definition) is 2. The number of nitrogens with one attached hydrogen (secondary N) is 1. The van der Waals surface area contributed by atoms with Crippen molar-refractivity contribution in [3.05, 3.63) is 16.5 Å². The molecule has 0 spiro atoms. The van der Waals surface area contributed by atoms with E-state index in [1.54, 1.807) is 0 Å². The number of anilines is 1. The van der Waals surface area contributed by atoms with E-state index in [9.17, 15) is 21.6 Å². The summed E-state index contributed by atoms with van der Waals surface area (Å²) in [4.78, 5) is 10.8. The highest BCUT2D eigenvalue weighted by Gasteiger charge is 2.20. The Kier molecular flexibility index (Phi) is 4.03. The maximum atomic E-state index is 11.5. The van der Waals surface area contributed by atoms with Crippen LogP contribution in [0.4, 0.5) is 5.00 Å². The van der Waals surface area contributed by atoms with Gasteiger partial charge in [0.05, 0.1) is 0 Å². The molecule has 10 heteroatoms. The zero-order valence-electron chi connectivity index (χ0n) is 9.50. The Morgan fingerprint density at radius 3 is 2.33 bits per heavy atom. The molecule has 2 N–H and O–H groups in total. The second-order valence-corrected chi connectivity index (χ2v) is 8.97. The fourth-order valence-corrected chi connectivity index (χ4v) is 5.38. The Bertz CT molecular complexity index is 670. The van der Waals surface area contributed by atoms with Gasteiger partial charge in [-0.05, 0) is 18.6 Å². The second-order valence-electron chi connectivity index (χ2n) is 3.69. The molecule has 0 atom stereocenters. The SMILES string of the molecule is Cc1cc(NS(=O)(=O)CS(C)(=O)=O)sc1C(=O)O. The summed E-state index contributed by atoms with van der Waals surface area (Å²) < 4.78 is 46.8. The lowest BCUT2D eigenvalue weighted by atomic mass is 10.3. The molecule has 0 aliphatic carbocycles. The molecule has 1 rings (SSSR count). The van der Waals surface area contributed by atoms with Crippen molar-refractivity contribution in [2.24, 2.45) is 0 Å². The number of aryl methyl sites for hydroxylation is 1. The van der Waals surface area contributed by atoms with Crippen LogP contribution in [0.1, 0.15) is 15.2 Å². The molecule has 7 nitrogen and oxygen atoms in total. The van der Waals surface area contributed by atoms with Gasteiger partial charge in [0.15, 0.2) is 14.9 Å². The summed E-state index contributed by atoms with van der Waals surface area (Å²) in [6.45, 7) is 1.52. The highest BCUT2D eigenvalue weighted by molar-refractivity contribution is 8.08. The third-order valence-electron chi connectivity index (χ3n) is 1.74. The minimum Gasteiger partial charge on any atom is -0.477 e. The fraction of sp³-hybridized carbons (Fsp3) is 0.375. The average molecular weight is 313 g/mol. The summed E-state index contributed by atoms with van der Waals surface area (Å²) in [5.74, 6) is -1.16. The minimum atomic E-state index is -4.04. The molecule has 1 aromatic heterocycles. The van der Waals surface area contributed by atoms with Crippen LogP contribution < -0.4 is 4.72 Å². The molecule has 0 saturated heterocycles. The van der Waals surface area contributed by atoms with Crippen LogP contribution in [-0.4, -0.2) is 39.3 Å². The monoisotopic (exact) mass is 313 g/mol. The number of carboxylic acids is 1.